The van der Waals surface area contributed by atoms with Crippen molar-refractivity contribution in [1.29, 1.82) is 0 Å². The maximum absolute atomic E-state index is 9.51. The number of aliphatic hydroxyl groups is 1. The minimum absolute atomic E-state index is 0.148. The Morgan fingerprint density at radius 2 is 1.84 bits per heavy atom. The molecule has 0 aromatic heterocycles. The van der Waals surface area contributed by atoms with Crippen LogP contribution in [-0.2, 0) is 15.0 Å². The number of hydrogen-bond acceptors (Lipinski definition) is 4. The van der Waals surface area contributed by atoms with Crippen molar-refractivity contribution in [2.45, 2.75) is 31.4 Å². The van der Waals surface area contributed by atoms with E-state index in [1.54, 1.807) is 7.11 Å². The second-order valence-electron chi connectivity index (χ2n) is 5.45. The lowest BCUT2D eigenvalue weighted by Crippen LogP contribution is -2.45. The first-order valence-corrected chi connectivity index (χ1v) is 6.52. The summed E-state index contributed by atoms with van der Waals surface area (Å²) >= 11 is 0. The van der Waals surface area contributed by atoms with Crippen LogP contribution in [0, 0.1) is 0 Å². The smallest absolute Gasteiger partial charge is 0.0881 e. The molecule has 108 valence electrons. The van der Waals surface area contributed by atoms with E-state index in [0.29, 0.717) is 6.61 Å². The van der Waals surface area contributed by atoms with Crippen LogP contribution in [-0.4, -0.2) is 37.6 Å². The van der Waals surface area contributed by atoms with E-state index in [4.69, 9.17) is 15.2 Å². The van der Waals surface area contributed by atoms with Crippen LogP contribution in [0.5, 0.6) is 0 Å². The van der Waals surface area contributed by atoms with Crippen LogP contribution in [0.4, 0.5) is 0 Å². The van der Waals surface area contributed by atoms with Gasteiger partial charge in [-0.05, 0) is 25.8 Å². The average Bonchev–Trinajstić information content (AvgIpc) is 2.44. The van der Waals surface area contributed by atoms with Gasteiger partial charge in [-0.1, -0.05) is 30.3 Å². The molecule has 0 saturated heterocycles. The predicted octanol–water partition coefficient (Wildman–Crippen LogP) is 1.66. The summed E-state index contributed by atoms with van der Waals surface area (Å²) in [7, 11) is 1.69. The molecule has 4 nitrogen and oxygen atoms in total. The minimum Gasteiger partial charge on any atom is -0.394 e. The van der Waals surface area contributed by atoms with Gasteiger partial charge < -0.3 is 20.3 Å². The Morgan fingerprint density at radius 3 is 2.37 bits per heavy atom. The summed E-state index contributed by atoms with van der Waals surface area (Å²) < 4.78 is 10.9. The van der Waals surface area contributed by atoms with Crippen molar-refractivity contribution >= 4 is 0 Å². The quantitative estimate of drug-likeness (QED) is 0.703. The third-order valence-electron chi connectivity index (χ3n) is 3.39. The van der Waals surface area contributed by atoms with Gasteiger partial charge in [0.2, 0.25) is 0 Å². The fourth-order valence-electron chi connectivity index (χ4n) is 1.66. The van der Waals surface area contributed by atoms with Crippen LogP contribution in [0.15, 0.2) is 30.3 Å². The van der Waals surface area contributed by atoms with E-state index in [1.807, 2.05) is 44.2 Å². The molecule has 0 radical (unpaired) electrons. The van der Waals surface area contributed by atoms with Gasteiger partial charge in [0, 0.05) is 13.7 Å². The summed E-state index contributed by atoms with van der Waals surface area (Å²) in [6, 6.07) is 9.53. The lowest BCUT2D eigenvalue weighted by Gasteiger charge is -2.29. The van der Waals surface area contributed by atoms with Crippen LogP contribution in [0.2, 0.25) is 0 Å². The number of aliphatic hydroxyl groups excluding tert-OH is 1. The lowest BCUT2D eigenvalue weighted by atomic mass is 9.93. The highest BCUT2D eigenvalue weighted by Crippen LogP contribution is 2.19. The zero-order chi connectivity index (χ0) is 14.4. The number of benzene rings is 1. The molecule has 19 heavy (non-hydrogen) atoms. The first-order valence-electron chi connectivity index (χ1n) is 6.52. The Balaban J connectivity index is 2.50. The third kappa shape index (κ3) is 4.91. The van der Waals surface area contributed by atoms with Gasteiger partial charge >= 0.3 is 0 Å². The summed E-state index contributed by atoms with van der Waals surface area (Å²) in [5.41, 5.74) is 6.02. The van der Waals surface area contributed by atoms with Crippen molar-refractivity contribution in [3.05, 3.63) is 35.9 Å². The number of rotatable bonds is 8. The van der Waals surface area contributed by atoms with Gasteiger partial charge in [-0.2, -0.15) is 0 Å². The molecule has 1 aromatic carbocycles. The van der Waals surface area contributed by atoms with Crippen LogP contribution < -0.4 is 5.73 Å². The molecule has 0 aliphatic rings. The van der Waals surface area contributed by atoms with Gasteiger partial charge in [-0.15, -0.1) is 0 Å². The van der Waals surface area contributed by atoms with Gasteiger partial charge in [0.05, 0.1) is 24.4 Å². The van der Waals surface area contributed by atoms with E-state index in [1.165, 1.54) is 0 Å². The lowest BCUT2D eigenvalue weighted by molar-refractivity contribution is -0.0208. The third-order valence-corrected chi connectivity index (χ3v) is 3.39. The molecule has 0 heterocycles. The van der Waals surface area contributed by atoms with Crippen molar-refractivity contribution in [1.82, 2.24) is 0 Å². The Bertz CT molecular complexity index is 367. The van der Waals surface area contributed by atoms with E-state index in [2.05, 4.69) is 0 Å². The van der Waals surface area contributed by atoms with E-state index in [9.17, 15) is 5.11 Å². The predicted molar refractivity (Wildman–Crippen MR) is 75.9 cm³/mol. The molecule has 0 spiro atoms. The molecule has 1 unspecified atom stereocenters. The number of hydrogen-bond donors (Lipinski definition) is 2. The summed E-state index contributed by atoms with van der Waals surface area (Å²) in [4.78, 5) is 0. The molecule has 4 heteroatoms. The molecule has 0 amide bonds. The first-order chi connectivity index (χ1) is 8.93. The van der Waals surface area contributed by atoms with E-state index in [-0.39, 0.29) is 18.8 Å². The van der Waals surface area contributed by atoms with Crippen LogP contribution in [0.1, 0.15) is 25.8 Å². The standard InChI is InChI=1S/C15H25NO3/c1-14(2,18-3)9-10-19-12-15(16,11-17)13-7-5-4-6-8-13/h4-8,17H,9-12,16H2,1-3H3. The molecule has 0 fully saturated rings. The Kier molecular flexibility index (Phi) is 5.94. The molecule has 0 aliphatic carbocycles. The van der Waals surface area contributed by atoms with Gasteiger partial charge in [0.1, 0.15) is 0 Å². The zero-order valence-electron chi connectivity index (χ0n) is 12.1. The topological polar surface area (TPSA) is 64.7 Å². The molecule has 0 aliphatic heterocycles. The molecule has 1 aromatic rings. The fourth-order valence-corrected chi connectivity index (χ4v) is 1.66. The fraction of sp³-hybridized carbons (Fsp3) is 0.600. The van der Waals surface area contributed by atoms with Gasteiger partial charge in [0.15, 0.2) is 0 Å². The minimum atomic E-state index is -0.849. The van der Waals surface area contributed by atoms with Gasteiger partial charge in [0.25, 0.3) is 0 Å². The van der Waals surface area contributed by atoms with Crippen LogP contribution >= 0.6 is 0 Å². The summed E-state index contributed by atoms with van der Waals surface area (Å²) in [6.07, 6.45) is 0.778. The van der Waals surface area contributed by atoms with Crippen LogP contribution in [0.3, 0.4) is 0 Å². The van der Waals surface area contributed by atoms with Crippen molar-refractivity contribution < 1.29 is 14.6 Å². The Labute approximate surface area is 115 Å². The highest BCUT2D eigenvalue weighted by Gasteiger charge is 2.27. The number of ether oxygens (including phenoxy) is 2. The SMILES string of the molecule is COC(C)(C)CCOCC(N)(CO)c1ccccc1. The highest BCUT2D eigenvalue weighted by atomic mass is 16.5. The second-order valence-corrected chi connectivity index (χ2v) is 5.45. The molecule has 0 saturated carbocycles. The maximum Gasteiger partial charge on any atom is 0.0881 e. The Hall–Kier alpha value is -0.940. The number of nitrogens with two attached hydrogens (primary N) is 1. The van der Waals surface area contributed by atoms with Crippen molar-refractivity contribution in [2.24, 2.45) is 5.73 Å². The highest BCUT2D eigenvalue weighted by molar-refractivity contribution is 5.24. The molecule has 1 atom stereocenters. The maximum atomic E-state index is 9.51. The van der Waals surface area contributed by atoms with E-state index >= 15 is 0 Å². The van der Waals surface area contributed by atoms with Crippen molar-refractivity contribution in [3.63, 3.8) is 0 Å². The van der Waals surface area contributed by atoms with Gasteiger partial charge in [-0.25, -0.2) is 0 Å². The van der Waals surface area contributed by atoms with E-state index in [0.717, 1.165) is 12.0 Å². The van der Waals surface area contributed by atoms with Crippen molar-refractivity contribution in [2.75, 3.05) is 26.9 Å². The molecule has 3 N–H and O–H groups in total. The Morgan fingerprint density at radius 1 is 1.21 bits per heavy atom. The number of methoxy groups -OCH3 is 1. The zero-order valence-corrected chi connectivity index (χ0v) is 12.1. The molecule has 1 rings (SSSR count). The van der Waals surface area contributed by atoms with Crippen molar-refractivity contribution in [3.8, 4) is 0 Å². The largest absolute Gasteiger partial charge is 0.394 e. The normalized spacial score (nSPS) is 15.2. The van der Waals surface area contributed by atoms with E-state index < -0.39 is 5.54 Å². The second kappa shape index (κ2) is 7.01. The molecular weight excluding hydrogens is 242 g/mol. The summed E-state index contributed by atoms with van der Waals surface area (Å²) in [5, 5.41) is 9.51. The first kappa shape index (κ1) is 16.1. The van der Waals surface area contributed by atoms with Gasteiger partial charge in [-0.3, -0.25) is 0 Å². The summed E-state index contributed by atoms with van der Waals surface area (Å²) in [6.45, 7) is 4.70. The summed E-state index contributed by atoms with van der Waals surface area (Å²) in [5.74, 6) is 0. The van der Waals surface area contributed by atoms with Crippen LogP contribution in [0.25, 0.3) is 0 Å². The average molecular weight is 267 g/mol. The molecule has 0 bridgehead atoms. The molecular formula is C15H25NO3. The monoisotopic (exact) mass is 267 g/mol.